The summed E-state index contributed by atoms with van der Waals surface area (Å²) in [6, 6.07) is 7.32. The van der Waals surface area contributed by atoms with Crippen molar-refractivity contribution in [3.63, 3.8) is 0 Å². The molecule has 1 N–H and O–H groups in total. The van der Waals surface area contributed by atoms with E-state index in [-0.39, 0.29) is 0 Å². The summed E-state index contributed by atoms with van der Waals surface area (Å²) in [7, 11) is 0. The molecule has 2 aromatic rings. The fraction of sp³-hybridized carbons (Fsp3) is 0.167. The number of aromatic nitrogens is 1. The molecule has 17 heavy (non-hydrogen) atoms. The Hall–Kier alpha value is -1.39. The Balaban J connectivity index is 2.29. The molecular formula is C12H10ClNO2S. The van der Waals surface area contributed by atoms with Crippen LogP contribution in [0, 0.1) is 0 Å². The van der Waals surface area contributed by atoms with Gasteiger partial charge in [0, 0.05) is 16.0 Å². The Bertz CT molecular complexity index is 536. The van der Waals surface area contributed by atoms with Crippen molar-refractivity contribution < 1.29 is 9.90 Å². The molecule has 0 aliphatic carbocycles. The predicted octanol–water partition coefficient (Wildman–Crippen LogP) is 3.65. The van der Waals surface area contributed by atoms with Crippen LogP contribution >= 0.6 is 22.9 Å². The first kappa shape index (κ1) is 12.1. The molecule has 1 heterocycles. The largest absolute Gasteiger partial charge is 0.481 e. The Labute approximate surface area is 108 Å². The van der Waals surface area contributed by atoms with Gasteiger partial charge in [0.2, 0.25) is 0 Å². The van der Waals surface area contributed by atoms with Gasteiger partial charge in [0.1, 0.15) is 5.01 Å². The highest BCUT2D eigenvalue weighted by Crippen LogP contribution is 2.27. The van der Waals surface area contributed by atoms with Crippen LogP contribution in [-0.4, -0.2) is 16.1 Å². The van der Waals surface area contributed by atoms with E-state index >= 15 is 0 Å². The molecular weight excluding hydrogens is 258 g/mol. The molecule has 0 aliphatic rings. The second-order valence-electron chi connectivity index (χ2n) is 3.64. The van der Waals surface area contributed by atoms with Gasteiger partial charge in [0.25, 0.3) is 0 Å². The molecule has 1 aromatic carbocycles. The number of rotatable bonds is 3. The normalized spacial score (nSPS) is 12.4. The average molecular weight is 268 g/mol. The number of nitrogens with zero attached hydrogens (tertiary/aromatic N) is 1. The van der Waals surface area contributed by atoms with Gasteiger partial charge in [-0.2, -0.15) is 0 Å². The third-order valence-electron chi connectivity index (χ3n) is 2.43. The maximum Gasteiger partial charge on any atom is 0.312 e. The van der Waals surface area contributed by atoms with E-state index in [1.807, 2.05) is 12.1 Å². The van der Waals surface area contributed by atoms with E-state index in [0.717, 1.165) is 10.6 Å². The van der Waals surface area contributed by atoms with Crippen molar-refractivity contribution in [3.8, 4) is 10.6 Å². The van der Waals surface area contributed by atoms with Crippen LogP contribution in [0.25, 0.3) is 10.6 Å². The second kappa shape index (κ2) is 4.85. The minimum atomic E-state index is -0.863. The molecule has 5 heteroatoms. The molecule has 2 rings (SSSR count). The van der Waals surface area contributed by atoms with Gasteiger partial charge in [-0.1, -0.05) is 23.7 Å². The van der Waals surface area contributed by atoms with Gasteiger partial charge in [0.15, 0.2) is 0 Å². The van der Waals surface area contributed by atoms with Gasteiger partial charge in [0.05, 0.1) is 11.6 Å². The van der Waals surface area contributed by atoms with Crippen molar-refractivity contribution in [3.05, 3.63) is 40.4 Å². The number of aliphatic carboxylic acids is 1. The Morgan fingerprint density at radius 1 is 1.41 bits per heavy atom. The number of hydrogen-bond acceptors (Lipinski definition) is 3. The van der Waals surface area contributed by atoms with Crippen LogP contribution in [0.1, 0.15) is 18.5 Å². The highest BCUT2D eigenvalue weighted by Gasteiger charge is 2.17. The van der Waals surface area contributed by atoms with Crippen LogP contribution in [0.15, 0.2) is 29.6 Å². The minimum Gasteiger partial charge on any atom is -0.481 e. The van der Waals surface area contributed by atoms with Crippen LogP contribution in [0.3, 0.4) is 0 Å². The summed E-state index contributed by atoms with van der Waals surface area (Å²) < 4.78 is 0. The Morgan fingerprint density at radius 3 is 2.65 bits per heavy atom. The summed E-state index contributed by atoms with van der Waals surface area (Å²) in [6.07, 6.45) is 0. The molecule has 88 valence electrons. The van der Waals surface area contributed by atoms with E-state index < -0.39 is 11.9 Å². The standard InChI is InChI=1S/C12H10ClNO2S/c1-7(12(15)16)10-6-17-11(14-10)8-2-4-9(13)5-3-8/h2-7H,1H3,(H,15,16). The van der Waals surface area contributed by atoms with Gasteiger partial charge in [-0.3, -0.25) is 4.79 Å². The van der Waals surface area contributed by atoms with Gasteiger partial charge in [-0.05, 0) is 19.1 Å². The fourth-order valence-corrected chi connectivity index (χ4v) is 2.38. The molecule has 0 fully saturated rings. The van der Waals surface area contributed by atoms with E-state index in [2.05, 4.69) is 4.98 Å². The maximum absolute atomic E-state index is 10.8. The molecule has 3 nitrogen and oxygen atoms in total. The number of benzene rings is 1. The van der Waals surface area contributed by atoms with E-state index in [4.69, 9.17) is 16.7 Å². The summed E-state index contributed by atoms with van der Waals surface area (Å²) in [4.78, 5) is 15.2. The molecule has 0 radical (unpaired) electrons. The summed E-state index contributed by atoms with van der Waals surface area (Å²) in [6.45, 7) is 1.63. The van der Waals surface area contributed by atoms with Crippen molar-refractivity contribution in [1.82, 2.24) is 4.98 Å². The zero-order valence-corrected chi connectivity index (χ0v) is 10.6. The lowest BCUT2D eigenvalue weighted by Crippen LogP contribution is -2.07. The predicted molar refractivity (Wildman–Crippen MR) is 68.6 cm³/mol. The van der Waals surface area contributed by atoms with Gasteiger partial charge in [-0.15, -0.1) is 11.3 Å². The molecule has 0 saturated carbocycles. The molecule has 1 atom stereocenters. The van der Waals surface area contributed by atoms with Crippen LogP contribution < -0.4 is 0 Å². The zero-order chi connectivity index (χ0) is 12.4. The highest BCUT2D eigenvalue weighted by atomic mass is 35.5. The number of carboxylic acids is 1. The first-order valence-electron chi connectivity index (χ1n) is 5.02. The lowest BCUT2D eigenvalue weighted by molar-refractivity contribution is -0.138. The summed E-state index contributed by atoms with van der Waals surface area (Å²) >= 11 is 7.24. The van der Waals surface area contributed by atoms with Crippen molar-refractivity contribution in [1.29, 1.82) is 0 Å². The van der Waals surface area contributed by atoms with Crippen molar-refractivity contribution >= 4 is 28.9 Å². The molecule has 1 unspecified atom stereocenters. The summed E-state index contributed by atoms with van der Waals surface area (Å²) in [5.41, 5.74) is 1.54. The van der Waals surface area contributed by atoms with Crippen LogP contribution in [0.2, 0.25) is 5.02 Å². The number of carboxylic acid groups (broad SMARTS) is 1. The Morgan fingerprint density at radius 2 is 2.06 bits per heavy atom. The third kappa shape index (κ3) is 2.65. The molecule has 0 bridgehead atoms. The summed E-state index contributed by atoms with van der Waals surface area (Å²) in [5, 5.41) is 12.2. The lowest BCUT2D eigenvalue weighted by atomic mass is 10.1. The number of thiazole rings is 1. The quantitative estimate of drug-likeness (QED) is 0.923. The molecule has 1 aromatic heterocycles. The number of carbonyl (C=O) groups is 1. The van der Waals surface area contributed by atoms with Crippen molar-refractivity contribution in [2.24, 2.45) is 0 Å². The summed E-state index contributed by atoms with van der Waals surface area (Å²) in [5.74, 6) is -1.44. The molecule has 0 saturated heterocycles. The first-order valence-corrected chi connectivity index (χ1v) is 6.28. The van der Waals surface area contributed by atoms with E-state index in [1.54, 1.807) is 24.4 Å². The van der Waals surface area contributed by atoms with Gasteiger partial charge < -0.3 is 5.11 Å². The number of halogens is 1. The van der Waals surface area contributed by atoms with E-state index in [1.165, 1.54) is 11.3 Å². The fourth-order valence-electron chi connectivity index (χ4n) is 1.34. The lowest BCUT2D eigenvalue weighted by Gasteiger charge is -2.00. The molecule has 0 aliphatic heterocycles. The van der Waals surface area contributed by atoms with Crippen molar-refractivity contribution in [2.45, 2.75) is 12.8 Å². The first-order chi connectivity index (χ1) is 8.08. The highest BCUT2D eigenvalue weighted by molar-refractivity contribution is 7.13. The van der Waals surface area contributed by atoms with Crippen LogP contribution in [0.5, 0.6) is 0 Å². The van der Waals surface area contributed by atoms with E-state index in [9.17, 15) is 4.79 Å². The van der Waals surface area contributed by atoms with Gasteiger partial charge in [-0.25, -0.2) is 4.98 Å². The maximum atomic E-state index is 10.8. The SMILES string of the molecule is CC(C(=O)O)c1csc(-c2ccc(Cl)cc2)n1. The Kier molecular flexibility index (Phi) is 3.45. The smallest absolute Gasteiger partial charge is 0.312 e. The average Bonchev–Trinajstić information content (AvgIpc) is 2.78. The second-order valence-corrected chi connectivity index (χ2v) is 4.94. The van der Waals surface area contributed by atoms with Crippen LogP contribution in [0.4, 0.5) is 0 Å². The van der Waals surface area contributed by atoms with Gasteiger partial charge >= 0.3 is 5.97 Å². The topological polar surface area (TPSA) is 50.2 Å². The van der Waals surface area contributed by atoms with E-state index in [0.29, 0.717) is 10.7 Å². The van der Waals surface area contributed by atoms with Crippen molar-refractivity contribution in [2.75, 3.05) is 0 Å². The molecule has 0 spiro atoms. The minimum absolute atomic E-state index is 0.577. The molecule has 0 amide bonds. The number of hydrogen-bond donors (Lipinski definition) is 1. The monoisotopic (exact) mass is 267 g/mol. The third-order valence-corrected chi connectivity index (χ3v) is 3.59. The van der Waals surface area contributed by atoms with Crippen LogP contribution in [-0.2, 0) is 4.79 Å². The zero-order valence-electron chi connectivity index (χ0n) is 9.05.